The molecule has 1 aliphatic rings. The zero-order valence-corrected chi connectivity index (χ0v) is 27.9. The van der Waals surface area contributed by atoms with Crippen molar-refractivity contribution in [2.75, 3.05) is 6.54 Å². The summed E-state index contributed by atoms with van der Waals surface area (Å²) >= 11 is 0. The number of carboxylic acids is 1. The Kier molecular flexibility index (Phi) is 13.3. The Balaban J connectivity index is 1.50. The molecule has 1 fully saturated rings. The van der Waals surface area contributed by atoms with Gasteiger partial charge in [0.15, 0.2) is 0 Å². The highest BCUT2D eigenvalue weighted by molar-refractivity contribution is 5.95. The highest BCUT2D eigenvalue weighted by Crippen LogP contribution is 2.24. The molecule has 12 heteroatoms. The van der Waals surface area contributed by atoms with Gasteiger partial charge in [-0.25, -0.2) is 4.79 Å². The van der Waals surface area contributed by atoms with Crippen LogP contribution < -0.4 is 16.0 Å². The highest BCUT2D eigenvalue weighted by atomic mass is 16.5. The number of amides is 4. The molecule has 3 aromatic rings. The molecule has 3 aromatic carbocycles. The smallest absolute Gasteiger partial charge is 0.408 e. The minimum atomic E-state index is -1.53. The van der Waals surface area contributed by atoms with E-state index in [-0.39, 0.29) is 44.0 Å². The summed E-state index contributed by atoms with van der Waals surface area (Å²) in [6, 6.07) is 23.8. The number of ether oxygens (including phenoxy) is 2. The van der Waals surface area contributed by atoms with E-state index in [1.54, 1.807) is 38.1 Å². The van der Waals surface area contributed by atoms with E-state index in [4.69, 9.17) is 9.47 Å². The van der Waals surface area contributed by atoms with Crippen LogP contribution in [0, 0.1) is 5.92 Å². The summed E-state index contributed by atoms with van der Waals surface area (Å²) in [5, 5.41) is 17.8. The van der Waals surface area contributed by atoms with Gasteiger partial charge in [-0.05, 0) is 29.5 Å². The Morgan fingerprint density at radius 1 is 0.796 bits per heavy atom. The van der Waals surface area contributed by atoms with E-state index in [0.717, 1.165) is 11.1 Å². The molecule has 4 rings (SSSR count). The molecule has 0 spiro atoms. The molecule has 0 unspecified atom stereocenters. The van der Waals surface area contributed by atoms with E-state index in [9.17, 15) is 29.1 Å². The highest BCUT2D eigenvalue weighted by Gasteiger charge is 2.44. The molecule has 0 bridgehead atoms. The van der Waals surface area contributed by atoms with Gasteiger partial charge in [0.1, 0.15) is 24.7 Å². The van der Waals surface area contributed by atoms with Crippen LogP contribution in [0.3, 0.4) is 0 Å². The first-order valence-electron chi connectivity index (χ1n) is 16.3. The lowest BCUT2D eigenvalue weighted by Crippen LogP contribution is -2.57. The zero-order chi connectivity index (χ0) is 35.3. The summed E-state index contributed by atoms with van der Waals surface area (Å²) in [6.45, 7) is 5.54. The molecule has 49 heavy (non-hydrogen) atoms. The van der Waals surface area contributed by atoms with Crippen molar-refractivity contribution in [1.29, 1.82) is 0 Å². The van der Waals surface area contributed by atoms with Crippen molar-refractivity contribution in [3.8, 4) is 0 Å². The van der Waals surface area contributed by atoms with E-state index in [0.29, 0.717) is 5.56 Å². The Morgan fingerprint density at radius 2 is 1.37 bits per heavy atom. The average Bonchev–Trinajstić information content (AvgIpc) is 3.53. The van der Waals surface area contributed by atoms with E-state index >= 15 is 0 Å². The first-order chi connectivity index (χ1) is 23.5. The number of carbonyl (C=O) groups is 5. The van der Waals surface area contributed by atoms with E-state index in [1.807, 2.05) is 73.7 Å². The Bertz CT molecular complexity index is 1550. The number of hydrogen-bond acceptors (Lipinski definition) is 7. The van der Waals surface area contributed by atoms with Gasteiger partial charge in [-0.1, -0.05) is 105 Å². The lowest BCUT2D eigenvalue weighted by molar-refractivity contribution is -0.145. The largest absolute Gasteiger partial charge is 0.481 e. The quantitative estimate of drug-likeness (QED) is 0.189. The van der Waals surface area contributed by atoms with Crippen LogP contribution in [0.4, 0.5) is 4.79 Å². The Morgan fingerprint density at radius 3 is 1.94 bits per heavy atom. The number of nitrogens with one attached hydrogen (secondary N) is 3. The standard InChI is InChI=1S/C37H44N4O8/c1-24(2)33(35(45)38-25(3)28-17-11-6-12-18-28)40-34(44)31-19-29(48-22-26-13-7-4-8-14-26)21-41(31)36(46)30(20-32(42)43)39-37(47)49-23-27-15-9-5-10-16-27/h4-18,24-25,29-31,33H,19-23H2,1-3H3,(H,38,45)(H,39,47)(H,40,44)(H,42,43)/t25-,29+,30+,31-,33+/m1/s1. The second-order valence-corrected chi connectivity index (χ2v) is 12.4. The van der Waals surface area contributed by atoms with Crippen molar-refractivity contribution < 1.29 is 38.6 Å². The van der Waals surface area contributed by atoms with Gasteiger partial charge in [0.2, 0.25) is 17.7 Å². The minimum absolute atomic E-state index is 0.0375. The third-order valence-corrected chi connectivity index (χ3v) is 8.26. The molecule has 5 atom stereocenters. The number of nitrogens with zero attached hydrogens (tertiary/aromatic N) is 1. The summed E-state index contributed by atoms with van der Waals surface area (Å²) < 4.78 is 11.3. The summed E-state index contributed by atoms with van der Waals surface area (Å²) in [5.74, 6) is -3.40. The van der Waals surface area contributed by atoms with Gasteiger partial charge >= 0.3 is 12.1 Å². The monoisotopic (exact) mass is 672 g/mol. The Hall–Kier alpha value is -5.23. The summed E-state index contributed by atoms with van der Waals surface area (Å²) in [5.41, 5.74) is 2.49. The van der Waals surface area contributed by atoms with E-state index in [1.165, 1.54) is 4.90 Å². The van der Waals surface area contributed by atoms with Crippen LogP contribution in [0.1, 0.15) is 56.3 Å². The third-order valence-electron chi connectivity index (χ3n) is 8.26. The molecule has 0 aliphatic carbocycles. The van der Waals surface area contributed by atoms with Crippen LogP contribution in [0.15, 0.2) is 91.0 Å². The fourth-order valence-corrected chi connectivity index (χ4v) is 5.59. The third kappa shape index (κ3) is 10.9. The maximum atomic E-state index is 14.0. The number of carbonyl (C=O) groups excluding carboxylic acids is 4. The van der Waals surface area contributed by atoms with Gasteiger partial charge in [0.05, 0.1) is 25.2 Å². The van der Waals surface area contributed by atoms with Gasteiger partial charge in [0.25, 0.3) is 0 Å². The molecule has 0 aromatic heterocycles. The summed E-state index contributed by atoms with van der Waals surface area (Å²) in [4.78, 5) is 67.0. The predicted molar refractivity (Wildman–Crippen MR) is 181 cm³/mol. The number of rotatable bonds is 15. The SMILES string of the molecule is CC(C)[C@H](NC(=O)[C@H]1C[C@H](OCc2ccccc2)CN1C(=O)[C@H](CC(=O)O)NC(=O)OCc1ccccc1)C(=O)N[C@H](C)c1ccccc1. The first kappa shape index (κ1) is 36.6. The topological polar surface area (TPSA) is 163 Å². The van der Waals surface area contributed by atoms with Crippen molar-refractivity contribution in [3.63, 3.8) is 0 Å². The maximum absolute atomic E-state index is 14.0. The molecule has 260 valence electrons. The Labute approximate surface area is 286 Å². The zero-order valence-electron chi connectivity index (χ0n) is 27.9. The number of benzene rings is 3. The molecule has 1 saturated heterocycles. The van der Waals surface area contributed by atoms with Gasteiger partial charge in [-0.2, -0.15) is 0 Å². The molecule has 0 saturated carbocycles. The van der Waals surface area contributed by atoms with Crippen molar-refractivity contribution in [2.24, 2.45) is 5.92 Å². The number of aliphatic carboxylic acids is 1. The normalized spacial score (nSPS) is 17.4. The fourth-order valence-electron chi connectivity index (χ4n) is 5.59. The molecular formula is C37H44N4O8. The van der Waals surface area contributed by atoms with E-state index in [2.05, 4.69) is 16.0 Å². The first-order valence-corrected chi connectivity index (χ1v) is 16.3. The van der Waals surface area contributed by atoms with Gasteiger partial charge in [0, 0.05) is 13.0 Å². The molecular weight excluding hydrogens is 628 g/mol. The maximum Gasteiger partial charge on any atom is 0.408 e. The van der Waals surface area contributed by atoms with Crippen LogP contribution in [0.25, 0.3) is 0 Å². The molecule has 1 aliphatic heterocycles. The number of hydrogen-bond donors (Lipinski definition) is 4. The van der Waals surface area contributed by atoms with Crippen LogP contribution >= 0.6 is 0 Å². The number of likely N-dealkylation sites (tertiary alicyclic amines) is 1. The van der Waals surface area contributed by atoms with Crippen LogP contribution in [-0.4, -0.2) is 70.6 Å². The molecule has 0 radical (unpaired) electrons. The van der Waals surface area contributed by atoms with Crippen molar-refractivity contribution in [2.45, 2.75) is 77.1 Å². The van der Waals surface area contributed by atoms with E-state index < -0.39 is 54.5 Å². The van der Waals surface area contributed by atoms with Crippen LogP contribution in [0.2, 0.25) is 0 Å². The van der Waals surface area contributed by atoms with Crippen LogP contribution in [0.5, 0.6) is 0 Å². The molecule has 1 heterocycles. The number of carboxylic acid groups (broad SMARTS) is 1. The molecule has 12 nitrogen and oxygen atoms in total. The van der Waals surface area contributed by atoms with Gasteiger partial charge in [-0.3, -0.25) is 19.2 Å². The molecule has 4 amide bonds. The summed E-state index contributed by atoms with van der Waals surface area (Å²) in [7, 11) is 0. The van der Waals surface area contributed by atoms with Crippen LogP contribution in [-0.2, 0) is 41.9 Å². The van der Waals surface area contributed by atoms with Crippen molar-refractivity contribution in [1.82, 2.24) is 20.9 Å². The molecule has 4 N–H and O–H groups in total. The van der Waals surface area contributed by atoms with Gasteiger partial charge < -0.3 is 35.4 Å². The van der Waals surface area contributed by atoms with Gasteiger partial charge in [-0.15, -0.1) is 0 Å². The minimum Gasteiger partial charge on any atom is -0.481 e. The predicted octanol–water partition coefficient (Wildman–Crippen LogP) is 3.96. The van der Waals surface area contributed by atoms with Crippen molar-refractivity contribution >= 4 is 29.8 Å². The fraction of sp³-hybridized carbons (Fsp3) is 0.378. The van der Waals surface area contributed by atoms with Crippen molar-refractivity contribution in [3.05, 3.63) is 108 Å². The number of alkyl carbamates (subject to hydrolysis) is 1. The lowest BCUT2D eigenvalue weighted by atomic mass is 10.0. The average molecular weight is 673 g/mol. The summed E-state index contributed by atoms with van der Waals surface area (Å²) in [6.07, 6.45) is -2.21. The second kappa shape index (κ2) is 17.8. The second-order valence-electron chi connectivity index (χ2n) is 12.4. The lowest BCUT2D eigenvalue weighted by Gasteiger charge is -2.30.